The van der Waals surface area contributed by atoms with Crippen LogP contribution in [0, 0.1) is 6.92 Å². The smallest absolute Gasteiger partial charge is 0.0746 e. The van der Waals surface area contributed by atoms with Gasteiger partial charge in [-0.2, -0.15) is 0 Å². The molecule has 1 unspecified atom stereocenters. The minimum atomic E-state index is 0.313. The zero-order valence-corrected chi connectivity index (χ0v) is 12.1. The third kappa shape index (κ3) is 2.43. The summed E-state index contributed by atoms with van der Waals surface area (Å²) in [4.78, 5) is 6.99. The maximum Gasteiger partial charge on any atom is 0.0746 e. The highest BCUT2D eigenvalue weighted by molar-refractivity contribution is 5.94. The number of anilines is 2. The van der Waals surface area contributed by atoms with Crippen molar-refractivity contribution in [3.63, 3.8) is 0 Å². The van der Waals surface area contributed by atoms with Gasteiger partial charge in [0, 0.05) is 42.7 Å². The van der Waals surface area contributed by atoms with E-state index in [0.29, 0.717) is 6.10 Å². The van der Waals surface area contributed by atoms with E-state index in [1.54, 1.807) is 7.11 Å². The molecule has 1 aromatic carbocycles. The van der Waals surface area contributed by atoms with Crippen molar-refractivity contribution >= 4 is 22.3 Å². The second kappa shape index (κ2) is 5.29. The van der Waals surface area contributed by atoms with Crippen LogP contribution in [0.2, 0.25) is 0 Å². The van der Waals surface area contributed by atoms with E-state index >= 15 is 0 Å². The molecule has 1 saturated heterocycles. The van der Waals surface area contributed by atoms with Crippen molar-refractivity contribution in [1.29, 1.82) is 0 Å². The Hall–Kier alpha value is -1.81. The maximum absolute atomic E-state index is 5.94. The fraction of sp³-hybridized carbons (Fsp3) is 0.438. The van der Waals surface area contributed by atoms with Crippen LogP contribution < -0.4 is 10.6 Å². The third-order valence-corrected chi connectivity index (χ3v) is 3.99. The molecule has 106 valence electrons. The molecule has 2 aromatic rings. The van der Waals surface area contributed by atoms with Crippen LogP contribution in [0.4, 0.5) is 11.4 Å². The van der Waals surface area contributed by atoms with Crippen LogP contribution in [0.1, 0.15) is 18.5 Å². The quantitative estimate of drug-likeness (QED) is 0.853. The molecule has 0 bridgehead atoms. The lowest BCUT2D eigenvalue weighted by molar-refractivity contribution is 0.0894. The molecule has 1 fully saturated rings. The van der Waals surface area contributed by atoms with E-state index < -0.39 is 0 Å². The standard InChI is InChI=1S/C16H21N3O/c1-11-8-16(19-7-3-4-13(10-19)20-2)14-9-12(17)5-6-15(14)18-11/h5-6,8-9,13H,3-4,7,10,17H2,1-2H3. The Bertz CT molecular complexity index is 626. The number of hydrogen-bond acceptors (Lipinski definition) is 4. The monoisotopic (exact) mass is 271 g/mol. The van der Waals surface area contributed by atoms with E-state index in [4.69, 9.17) is 10.5 Å². The molecular weight excluding hydrogens is 250 g/mol. The molecule has 1 aliphatic heterocycles. The minimum absolute atomic E-state index is 0.313. The lowest BCUT2D eigenvalue weighted by Gasteiger charge is -2.34. The van der Waals surface area contributed by atoms with Crippen LogP contribution in [0.15, 0.2) is 24.3 Å². The normalized spacial score (nSPS) is 19.5. The van der Waals surface area contributed by atoms with E-state index in [1.807, 2.05) is 25.1 Å². The highest BCUT2D eigenvalue weighted by Gasteiger charge is 2.21. The van der Waals surface area contributed by atoms with Gasteiger partial charge >= 0.3 is 0 Å². The van der Waals surface area contributed by atoms with Gasteiger partial charge in [-0.15, -0.1) is 0 Å². The van der Waals surface area contributed by atoms with E-state index in [-0.39, 0.29) is 0 Å². The van der Waals surface area contributed by atoms with Gasteiger partial charge < -0.3 is 15.4 Å². The van der Waals surface area contributed by atoms with Crippen molar-refractivity contribution < 1.29 is 4.74 Å². The number of nitrogens with two attached hydrogens (primary N) is 1. The van der Waals surface area contributed by atoms with Crippen LogP contribution in [0.3, 0.4) is 0 Å². The molecule has 0 aliphatic carbocycles. The van der Waals surface area contributed by atoms with Crippen LogP contribution >= 0.6 is 0 Å². The molecule has 1 aliphatic rings. The summed E-state index contributed by atoms with van der Waals surface area (Å²) < 4.78 is 5.53. The number of rotatable bonds is 2. The summed E-state index contributed by atoms with van der Waals surface area (Å²) in [5, 5.41) is 1.13. The van der Waals surface area contributed by atoms with Crippen LogP contribution in [0.25, 0.3) is 10.9 Å². The zero-order chi connectivity index (χ0) is 14.1. The van der Waals surface area contributed by atoms with E-state index in [0.717, 1.165) is 48.2 Å². The number of nitrogen functional groups attached to an aromatic ring is 1. The first kappa shape index (κ1) is 13.2. The Balaban J connectivity index is 2.07. The van der Waals surface area contributed by atoms with E-state index in [1.165, 1.54) is 5.69 Å². The Labute approximate surface area is 119 Å². The highest BCUT2D eigenvalue weighted by atomic mass is 16.5. The molecule has 1 aromatic heterocycles. The van der Waals surface area contributed by atoms with Crippen molar-refractivity contribution in [3.8, 4) is 0 Å². The molecule has 0 saturated carbocycles. The maximum atomic E-state index is 5.94. The zero-order valence-electron chi connectivity index (χ0n) is 12.1. The second-order valence-corrected chi connectivity index (χ2v) is 5.51. The minimum Gasteiger partial charge on any atom is -0.399 e. The molecule has 20 heavy (non-hydrogen) atoms. The molecule has 2 N–H and O–H groups in total. The first-order valence-electron chi connectivity index (χ1n) is 7.12. The summed E-state index contributed by atoms with van der Waals surface area (Å²) in [6.07, 6.45) is 2.61. The average Bonchev–Trinajstić information content (AvgIpc) is 2.47. The molecule has 4 nitrogen and oxygen atoms in total. The topological polar surface area (TPSA) is 51.4 Å². The van der Waals surface area contributed by atoms with Crippen molar-refractivity contribution in [2.45, 2.75) is 25.9 Å². The lowest BCUT2D eigenvalue weighted by Crippen LogP contribution is -2.39. The van der Waals surface area contributed by atoms with Gasteiger partial charge in [0.05, 0.1) is 11.6 Å². The van der Waals surface area contributed by atoms with Gasteiger partial charge in [0.25, 0.3) is 0 Å². The SMILES string of the molecule is COC1CCCN(c2cc(C)nc3ccc(N)cc23)C1. The number of ether oxygens (including phenoxy) is 1. The summed E-state index contributed by atoms with van der Waals surface area (Å²) in [6.45, 7) is 4.04. The summed E-state index contributed by atoms with van der Waals surface area (Å²) in [7, 11) is 1.79. The van der Waals surface area contributed by atoms with E-state index in [2.05, 4.69) is 16.0 Å². The fourth-order valence-corrected chi connectivity index (χ4v) is 2.97. The molecule has 2 heterocycles. The fourth-order valence-electron chi connectivity index (χ4n) is 2.97. The van der Waals surface area contributed by atoms with Crippen molar-refractivity contribution in [1.82, 2.24) is 4.98 Å². The number of aryl methyl sites for hydroxylation is 1. The number of piperidine rings is 1. The summed E-state index contributed by atoms with van der Waals surface area (Å²) in [6, 6.07) is 8.08. The summed E-state index contributed by atoms with van der Waals surface area (Å²) in [5.41, 5.74) is 10.00. The van der Waals surface area contributed by atoms with Crippen molar-refractivity contribution in [2.75, 3.05) is 30.8 Å². The molecule has 3 rings (SSSR count). The van der Waals surface area contributed by atoms with Gasteiger partial charge in [0.15, 0.2) is 0 Å². The van der Waals surface area contributed by atoms with Gasteiger partial charge in [-0.3, -0.25) is 4.98 Å². The predicted octanol–water partition coefficient (Wildman–Crippen LogP) is 2.74. The molecule has 1 atom stereocenters. The molecule has 0 amide bonds. The highest BCUT2D eigenvalue weighted by Crippen LogP contribution is 2.30. The molecule has 4 heteroatoms. The first-order valence-corrected chi connectivity index (χ1v) is 7.12. The largest absolute Gasteiger partial charge is 0.399 e. The van der Waals surface area contributed by atoms with Crippen molar-refractivity contribution in [3.05, 3.63) is 30.0 Å². The van der Waals surface area contributed by atoms with E-state index in [9.17, 15) is 0 Å². The summed E-state index contributed by atoms with van der Waals surface area (Å²) >= 11 is 0. The number of pyridine rings is 1. The second-order valence-electron chi connectivity index (χ2n) is 5.51. The Morgan fingerprint density at radius 2 is 2.20 bits per heavy atom. The van der Waals surface area contributed by atoms with Crippen LogP contribution in [0.5, 0.6) is 0 Å². The average molecular weight is 271 g/mol. The summed E-state index contributed by atoms with van der Waals surface area (Å²) in [5.74, 6) is 0. The Morgan fingerprint density at radius 3 is 3.00 bits per heavy atom. The number of fused-ring (bicyclic) bond motifs is 1. The van der Waals surface area contributed by atoms with Crippen LogP contribution in [-0.2, 0) is 4.74 Å². The third-order valence-electron chi connectivity index (χ3n) is 3.99. The number of nitrogens with zero attached hydrogens (tertiary/aromatic N) is 2. The van der Waals surface area contributed by atoms with Gasteiger partial charge in [0.2, 0.25) is 0 Å². The van der Waals surface area contributed by atoms with Crippen LogP contribution in [-0.4, -0.2) is 31.3 Å². The molecular formula is C16H21N3O. The first-order chi connectivity index (χ1) is 9.67. The van der Waals surface area contributed by atoms with Gasteiger partial charge in [-0.05, 0) is 44.0 Å². The van der Waals surface area contributed by atoms with Gasteiger partial charge in [-0.1, -0.05) is 0 Å². The van der Waals surface area contributed by atoms with Gasteiger partial charge in [-0.25, -0.2) is 0 Å². The Kier molecular flexibility index (Phi) is 3.49. The molecule has 0 spiro atoms. The van der Waals surface area contributed by atoms with Gasteiger partial charge in [0.1, 0.15) is 0 Å². The predicted molar refractivity (Wildman–Crippen MR) is 83.1 cm³/mol. The number of methoxy groups -OCH3 is 1. The number of benzene rings is 1. The number of aromatic nitrogens is 1. The molecule has 0 radical (unpaired) electrons. The Morgan fingerprint density at radius 1 is 1.35 bits per heavy atom. The lowest BCUT2D eigenvalue weighted by atomic mass is 10.0. The van der Waals surface area contributed by atoms with Crippen molar-refractivity contribution in [2.24, 2.45) is 0 Å². The number of hydrogen-bond donors (Lipinski definition) is 1.